The summed E-state index contributed by atoms with van der Waals surface area (Å²) >= 11 is 0. The highest BCUT2D eigenvalue weighted by Crippen LogP contribution is 2.43. The highest BCUT2D eigenvalue weighted by molar-refractivity contribution is 6.41. The van der Waals surface area contributed by atoms with E-state index in [1.165, 1.54) is 0 Å². The van der Waals surface area contributed by atoms with Crippen LogP contribution < -0.4 is 4.74 Å². The maximum atomic E-state index is 13.6. The predicted octanol–water partition coefficient (Wildman–Crippen LogP) is 5.03. The third-order valence-electron chi connectivity index (χ3n) is 6.99. The van der Waals surface area contributed by atoms with Gasteiger partial charge in [-0.3, -0.25) is 19.6 Å². The fourth-order valence-corrected chi connectivity index (χ4v) is 5.03. The Hall–Kier alpha value is -3.28. The summed E-state index contributed by atoms with van der Waals surface area (Å²) in [7, 11) is 0. The Morgan fingerprint density at radius 1 is 0.857 bits per heavy atom. The third-order valence-corrected chi connectivity index (χ3v) is 6.99. The average molecular weight is 468 g/mol. The number of ketones is 1. The van der Waals surface area contributed by atoms with Crippen molar-refractivity contribution < 1.29 is 9.53 Å². The second kappa shape index (κ2) is 9.76. The number of nitrogens with zero attached hydrogens (tertiary/aromatic N) is 3. The van der Waals surface area contributed by atoms with Crippen molar-refractivity contribution in [3.63, 3.8) is 0 Å². The van der Waals surface area contributed by atoms with Crippen molar-refractivity contribution in [1.82, 2.24) is 14.8 Å². The van der Waals surface area contributed by atoms with Gasteiger partial charge in [0, 0.05) is 72.9 Å². The molecule has 2 aromatic carbocycles. The number of allylic oxidation sites excluding steroid dienone is 1. The largest absolute Gasteiger partial charge is 0.492 e. The number of pyridine rings is 1. The van der Waals surface area contributed by atoms with Crippen molar-refractivity contribution in [2.45, 2.75) is 26.3 Å². The first kappa shape index (κ1) is 23.5. The van der Waals surface area contributed by atoms with Gasteiger partial charge in [0.25, 0.3) is 0 Å². The molecule has 180 valence electrons. The van der Waals surface area contributed by atoms with Gasteiger partial charge in [0.05, 0.1) is 0 Å². The third kappa shape index (κ3) is 4.93. The van der Waals surface area contributed by atoms with Crippen LogP contribution in [0.2, 0.25) is 0 Å². The van der Waals surface area contributed by atoms with Gasteiger partial charge in [-0.15, -0.1) is 0 Å². The second-order valence-electron chi connectivity index (χ2n) is 10.2. The van der Waals surface area contributed by atoms with Gasteiger partial charge in [0.2, 0.25) is 0 Å². The Labute approximate surface area is 208 Å². The zero-order valence-electron chi connectivity index (χ0n) is 20.8. The lowest BCUT2D eigenvalue weighted by Crippen LogP contribution is -2.53. The molecule has 0 spiro atoms. The van der Waals surface area contributed by atoms with Crippen molar-refractivity contribution in [2.75, 3.05) is 39.3 Å². The van der Waals surface area contributed by atoms with Crippen molar-refractivity contribution in [2.24, 2.45) is 0 Å². The molecule has 5 heteroatoms. The number of Topliss-reactive ketones (excluding diaryl/α,β-unsaturated/α-hetero) is 1. The smallest absolute Gasteiger partial charge is 0.195 e. The lowest BCUT2D eigenvalue weighted by Gasteiger charge is -2.42. The van der Waals surface area contributed by atoms with Crippen LogP contribution in [0.3, 0.4) is 0 Å². The van der Waals surface area contributed by atoms with Crippen molar-refractivity contribution in [3.8, 4) is 5.75 Å². The first-order valence-electron chi connectivity index (χ1n) is 12.4. The molecule has 0 radical (unpaired) electrons. The number of benzene rings is 2. The fraction of sp³-hybridized carbons (Fsp3) is 0.333. The Kier molecular flexibility index (Phi) is 6.54. The Morgan fingerprint density at radius 2 is 1.60 bits per heavy atom. The molecule has 0 amide bonds. The van der Waals surface area contributed by atoms with Gasteiger partial charge in [-0.2, -0.15) is 0 Å². The van der Waals surface area contributed by atoms with E-state index >= 15 is 0 Å². The number of aromatic nitrogens is 1. The van der Waals surface area contributed by atoms with Crippen LogP contribution in [-0.2, 0) is 0 Å². The molecule has 1 aliphatic heterocycles. The minimum absolute atomic E-state index is 0.0237. The summed E-state index contributed by atoms with van der Waals surface area (Å²) in [5.74, 6) is 0.765. The summed E-state index contributed by atoms with van der Waals surface area (Å²) in [5, 5.41) is 0. The van der Waals surface area contributed by atoms with Crippen molar-refractivity contribution >= 4 is 16.9 Å². The number of hydrogen-bond acceptors (Lipinski definition) is 5. The molecule has 3 aromatic rings. The standard InChI is InChI=1S/C30H33N3O2/c1-30(2,3)33-16-14-32(15-17-33)18-19-35-24-11-12-25-26(20-24)29(34)28(23-10-7-13-31-21-23)27(25)22-8-5-4-6-9-22/h4-13,20-21H,14-19H2,1-3H3. The number of fused-ring (bicyclic) bond motifs is 1. The van der Waals surface area contributed by atoms with Crippen LogP contribution in [0.15, 0.2) is 73.1 Å². The summed E-state index contributed by atoms with van der Waals surface area (Å²) in [4.78, 5) is 22.9. The molecule has 0 atom stereocenters. The normalized spacial score (nSPS) is 17.1. The van der Waals surface area contributed by atoms with E-state index in [4.69, 9.17) is 4.74 Å². The molecule has 1 saturated heterocycles. The van der Waals surface area contributed by atoms with Gasteiger partial charge >= 0.3 is 0 Å². The number of ether oxygens (including phenoxy) is 1. The quantitative estimate of drug-likeness (QED) is 0.509. The minimum Gasteiger partial charge on any atom is -0.492 e. The SMILES string of the molecule is CC(C)(C)N1CCN(CCOc2ccc3c(c2)C(=O)C(c2cccnc2)=C3c2ccccc2)CC1. The van der Waals surface area contributed by atoms with Gasteiger partial charge in [-0.25, -0.2) is 0 Å². The maximum Gasteiger partial charge on any atom is 0.195 e. The molecule has 2 heterocycles. The van der Waals surface area contributed by atoms with Crippen LogP contribution in [0.5, 0.6) is 5.75 Å². The van der Waals surface area contributed by atoms with Crippen LogP contribution in [-0.4, -0.2) is 65.4 Å². The van der Waals surface area contributed by atoms with Gasteiger partial charge in [-0.1, -0.05) is 36.4 Å². The minimum atomic E-state index is 0.0237. The molecule has 0 saturated carbocycles. The molecule has 0 bridgehead atoms. The number of rotatable bonds is 6. The molecule has 2 aliphatic rings. The molecule has 1 aliphatic carbocycles. The second-order valence-corrected chi connectivity index (χ2v) is 10.2. The zero-order valence-corrected chi connectivity index (χ0v) is 20.8. The van der Waals surface area contributed by atoms with Gasteiger partial charge in [0.1, 0.15) is 12.4 Å². The van der Waals surface area contributed by atoms with E-state index in [9.17, 15) is 4.79 Å². The van der Waals surface area contributed by atoms with Crippen LogP contribution >= 0.6 is 0 Å². The van der Waals surface area contributed by atoms with E-state index in [0.717, 1.165) is 60.7 Å². The van der Waals surface area contributed by atoms with Gasteiger partial charge in [-0.05, 0) is 56.2 Å². The van der Waals surface area contributed by atoms with E-state index in [-0.39, 0.29) is 11.3 Å². The summed E-state index contributed by atoms with van der Waals surface area (Å²) in [6.07, 6.45) is 3.49. The number of carbonyl (C=O) groups excluding carboxylic acids is 1. The molecule has 1 fully saturated rings. The zero-order chi connectivity index (χ0) is 24.4. The lowest BCUT2D eigenvalue weighted by atomic mass is 9.95. The summed E-state index contributed by atoms with van der Waals surface area (Å²) in [6, 6.07) is 19.8. The summed E-state index contributed by atoms with van der Waals surface area (Å²) < 4.78 is 6.12. The van der Waals surface area contributed by atoms with Gasteiger partial charge in [0.15, 0.2) is 5.78 Å². The van der Waals surface area contributed by atoms with Gasteiger partial charge < -0.3 is 4.74 Å². The highest BCUT2D eigenvalue weighted by atomic mass is 16.5. The maximum absolute atomic E-state index is 13.6. The van der Waals surface area contributed by atoms with Crippen LogP contribution in [0, 0.1) is 0 Å². The molecular weight excluding hydrogens is 434 g/mol. The molecule has 5 rings (SSSR count). The van der Waals surface area contributed by atoms with Crippen molar-refractivity contribution in [1.29, 1.82) is 0 Å². The van der Waals surface area contributed by atoms with E-state index in [0.29, 0.717) is 17.7 Å². The molecule has 0 unspecified atom stereocenters. The fourth-order valence-electron chi connectivity index (χ4n) is 5.03. The van der Waals surface area contributed by atoms with Crippen LogP contribution in [0.25, 0.3) is 11.1 Å². The van der Waals surface area contributed by atoms with E-state index in [1.807, 2.05) is 48.5 Å². The number of carbonyl (C=O) groups is 1. The van der Waals surface area contributed by atoms with Crippen LogP contribution in [0.4, 0.5) is 0 Å². The van der Waals surface area contributed by atoms with Crippen molar-refractivity contribution in [3.05, 3.63) is 95.3 Å². The van der Waals surface area contributed by atoms with E-state index in [2.05, 4.69) is 47.7 Å². The topological polar surface area (TPSA) is 45.7 Å². The molecular formula is C30H33N3O2. The van der Waals surface area contributed by atoms with Crippen LogP contribution in [0.1, 0.15) is 47.8 Å². The highest BCUT2D eigenvalue weighted by Gasteiger charge is 2.32. The first-order valence-corrected chi connectivity index (χ1v) is 12.4. The number of piperazine rings is 1. The Bertz CT molecular complexity index is 1220. The first-order chi connectivity index (χ1) is 16.9. The summed E-state index contributed by atoms with van der Waals surface area (Å²) in [6.45, 7) is 12.6. The predicted molar refractivity (Wildman–Crippen MR) is 141 cm³/mol. The molecule has 35 heavy (non-hydrogen) atoms. The van der Waals surface area contributed by atoms with E-state index in [1.54, 1.807) is 12.4 Å². The monoisotopic (exact) mass is 467 g/mol. The Balaban J connectivity index is 1.31. The Morgan fingerprint density at radius 3 is 2.29 bits per heavy atom. The summed E-state index contributed by atoms with van der Waals surface area (Å²) in [5.41, 5.74) is 5.39. The lowest BCUT2D eigenvalue weighted by molar-refractivity contribution is 0.0564. The molecule has 0 N–H and O–H groups in total. The van der Waals surface area contributed by atoms with E-state index < -0.39 is 0 Å². The molecule has 5 nitrogen and oxygen atoms in total. The molecule has 1 aromatic heterocycles. The average Bonchev–Trinajstić information content (AvgIpc) is 3.16. The number of hydrogen-bond donors (Lipinski definition) is 0.